The smallest absolute Gasteiger partial charge is 0.195 e. The second kappa shape index (κ2) is 8.75. The molecule has 2 aromatic carbocycles. The van der Waals surface area contributed by atoms with E-state index in [0.717, 1.165) is 48.4 Å². The number of nitrogens with zero attached hydrogens (tertiary/aromatic N) is 2. The first-order chi connectivity index (χ1) is 15.7. The van der Waals surface area contributed by atoms with Crippen molar-refractivity contribution in [2.45, 2.75) is 18.8 Å². The number of carbonyl (C=O) groups excluding carboxylic acids is 1. The Hall–Kier alpha value is -3.80. The minimum absolute atomic E-state index is 0.0198. The number of para-hydroxylation sites is 1. The van der Waals surface area contributed by atoms with Gasteiger partial charge in [0.25, 0.3) is 0 Å². The largest absolute Gasteiger partial charge is 0.497 e. The van der Waals surface area contributed by atoms with Gasteiger partial charge in [-0.3, -0.25) is 9.89 Å². The van der Waals surface area contributed by atoms with Gasteiger partial charge in [0.15, 0.2) is 5.78 Å². The number of aromatic nitrogens is 3. The van der Waals surface area contributed by atoms with Crippen LogP contribution in [-0.4, -0.2) is 41.2 Å². The summed E-state index contributed by atoms with van der Waals surface area (Å²) in [6.45, 7) is 1.79. The Morgan fingerprint density at radius 2 is 1.91 bits per heavy atom. The number of nitrogens with one attached hydrogen (secondary N) is 2. The Morgan fingerprint density at radius 1 is 1.06 bits per heavy atom. The molecule has 6 heteroatoms. The van der Waals surface area contributed by atoms with Gasteiger partial charge in [-0.15, -0.1) is 0 Å². The maximum atomic E-state index is 13.3. The Labute approximate surface area is 187 Å². The highest BCUT2D eigenvalue weighted by molar-refractivity contribution is 6.12. The van der Waals surface area contributed by atoms with Crippen LogP contribution in [0, 0.1) is 0 Å². The molecule has 162 valence electrons. The standard InChI is InChI=1S/C26H26N4O2/c1-32-21-6-4-5-19(15-21)26(31)22-7-2-3-8-25(22)30-13-10-18(11-14-30)23-16-24(29-28-23)20-9-12-27-17-20/h2-9,12,15-18,27H,10-11,13-14H2,1H3,(H,28,29). The van der Waals surface area contributed by atoms with E-state index in [1.54, 1.807) is 13.2 Å². The molecule has 5 rings (SSSR count). The third kappa shape index (κ3) is 3.91. The quantitative estimate of drug-likeness (QED) is 0.424. The summed E-state index contributed by atoms with van der Waals surface area (Å²) in [6, 6.07) is 19.4. The summed E-state index contributed by atoms with van der Waals surface area (Å²) in [6.07, 6.45) is 5.89. The van der Waals surface area contributed by atoms with Crippen LogP contribution in [0.4, 0.5) is 5.69 Å². The van der Waals surface area contributed by atoms with Gasteiger partial charge < -0.3 is 14.6 Å². The van der Waals surface area contributed by atoms with E-state index in [-0.39, 0.29) is 5.78 Å². The van der Waals surface area contributed by atoms with E-state index >= 15 is 0 Å². The number of hydrogen-bond acceptors (Lipinski definition) is 4. The van der Waals surface area contributed by atoms with Gasteiger partial charge in [-0.05, 0) is 49.2 Å². The van der Waals surface area contributed by atoms with Crippen molar-refractivity contribution in [3.8, 4) is 17.0 Å². The lowest BCUT2D eigenvalue weighted by molar-refractivity contribution is 0.103. The van der Waals surface area contributed by atoms with Gasteiger partial charge in [0, 0.05) is 59.5 Å². The van der Waals surface area contributed by atoms with Crippen LogP contribution in [0.2, 0.25) is 0 Å². The summed E-state index contributed by atoms with van der Waals surface area (Å²) in [7, 11) is 1.61. The predicted molar refractivity (Wildman–Crippen MR) is 125 cm³/mol. The average Bonchev–Trinajstić information content (AvgIpc) is 3.56. The Bertz CT molecular complexity index is 1200. The van der Waals surface area contributed by atoms with Crippen molar-refractivity contribution in [3.63, 3.8) is 0 Å². The van der Waals surface area contributed by atoms with Crippen molar-refractivity contribution in [1.29, 1.82) is 0 Å². The van der Waals surface area contributed by atoms with Crippen molar-refractivity contribution in [3.05, 3.63) is 89.9 Å². The zero-order valence-corrected chi connectivity index (χ0v) is 18.0. The molecule has 0 aliphatic carbocycles. The molecule has 6 nitrogen and oxygen atoms in total. The van der Waals surface area contributed by atoms with Crippen LogP contribution >= 0.6 is 0 Å². The molecule has 0 spiro atoms. The van der Waals surface area contributed by atoms with Crippen LogP contribution in [0.1, 0.15) is 40.4 Å². The molecule has 1 aliphatic rings. The monoisotopic (exact) mass is 426 g/mol. The first-order valence-corrected chi connectivity index (χ1v) is 10.9. The number of carbonyl (C=O) groups is 1. The van der Waals surface area contributed by atoms with E-state index in [1.807, 2.05) is 60.9 Å². The van der Waals surface area contributed by atoms with E-state index in [9.17, 15) is 4.79 Å². The molecule has 0 saturated carbocycles. The van der Waals surface area contributed by atoms with E-state index in [4.69, 9.17) is 4.74 Å². The highest BCUT2D eigenvalue weighted by Gasteiger charge is 2.25. The first-order valence-electron chi connectivity index (χ1n) is 10.9. The second-order valence-electron chi connectivity index (χ2n) is 8.15. The molecule has 0 bridgehead atoms. The summed E-state index contributed by atoms with van der Waals surface area (Å²) in [4.78, 5) is 18.7. The lowest BCUT2D eigenvalue weighted by Gasteiger charge is -2.34. The number of aromatic amines is 2. The van der Waals surface area contributed by atoms with Crippen LogP contribution in [0.3, 0.4) is 0 Å². The van der Waals surface area contributed by atoms with Gasteiger partial charge in [0.1, 0.15) is 5.75 Å². The Kier molecular flexibility index (Phi) is 5.50. The average molecular weight is 427 g/mol. The number of benzene rings is 2. The minimum Gasteiger partial charge on any atom is -0.497 e. The van der Waals surface area contributed by atoms with E-state index in [2.05, 4.69) is 26.1 Å². The maximum Gasteiger partial charge on any atom is 0.195 e. The van der Waals surface area contributed by atoms with Crippen molar-refractivity contribution < 1.29 is 9.53 Å². The summed E-state index contributed by atoms with van der Waals surface area (Å²) in [5.74, 6) is 1.15. The molecular formula is C26H26N4O2. The van der Waals surface area contributed by atoms with Crippen LogP contribution in [0.5, 0.6) is 5.75 Å². The Morgan fingerprint density at radius 3 is 2.69 bits per heavy atom. The van der Waals surface area contributed by atoms with Crippen molar-refractivity contribution >= 4 is 11.5 Å². The van der Waals surface area contributed by atoms with Crippen molar-refractivity contribution in [2.24, 2.45) is 0 Å². The zero-order chi connectivity index (χ0) is 21.9. The number of piperidine rings is 1. The van der Waals surface area contributed by atoms with Crippen LogP contribution < -0.4 is 9.64 Å². The number of methoxy groups -OCH3 is 1. The minimum atomic E-state index is 0.0198. The molecule has 1 fully saturated rings. The lowest BCUT2D eigenvalue weighted by atomic mass is 9.92. The molecule has 4 aromatic rings. The van der Waals surface area contributed by atoms with Crippen LogP contribution in [0.25, 0.3) is 11.3 Å². The van der Waals surface area contributed by atoms with Gasteiger partial charge in [-0.25, -0.2) is 0 Å². The third-order valence-corrected chi connectivity index (χ3v) is 6.25. The van der Waals surface area contributed by atoms with Gasteiger partial charge in [0.2, 0.25) is 0 Å². The molecule has 32 heavy (non-hydrogen) atoms. The van der Waals surface area contributed by atoms with Gasteiger partial charge in [0.05, 0.1) is 12.8 Å². The molecule has 1 saturated heterocycles. The normalized spacial score (nSPS) is 14.5. The molecule has 1 aliphatic heterocycles. The lowest BCUT2D eigenvalue weighted by Crippen LogP contribution is -2.34. The van der Waals surface area contributed by atoms with Crippen molar-refractivity contribution in [2.75, 3.05) is 25.1 Å². The van der Waals surface area contributed by atoms with E-state index < -0.39 is 0 Å². The predicted octanol–water partition coefficient (Wildman–Crippen LogP) is 5.03. The number of rotatable bonds is 6. The van der Waals surface area contributed by atoms with Gasteiger partial charge in [-0.2, -0.15) is 5.10 Å². The SMILES string of the molecule is COc1cccc(C(=O)c2ccccc2N2CCC(c3cc(-c4cc[nH]c4)n[nH]3)CC2)c1. The number of anilines is 1. The summed E-state index contributed by atoms with van der Waals surface area (Å²) in [5.41, 5.74) is 5.61. The van der Waals surface area contributed by atoms with E-state index in [1.165, 1.54) is 5.69 Å². The fraction of sp³-hybridized carbons (Fsp3) is 0.231. The molecular weight excluding hydrogens is 400 g/mol. The number of hydrogen-bond donors (Lipinski definition) is 2. The molecule has 3 heterocycles. The van der Waals surface area contributed by atoms with E-state index in [0.29, 0.717) is 17.2 Å². The van der Waals surface area contributed by atoms with Crippen LogP contribution in [-0.2, 0) is 0 Å². The Balaban J connectivity index is 1.32. The van der Waals surface area contributed by atoms with Gasteiger partial charge >= 0.3 is 0 Å². The fourth-order valence-corrected chi connectivity index (χ4v) is 4.47. The molecule has 0 radical (unpaired) electrons. The molecule has 2 aromatic heterocycles. The molecule has 2 N–H and O–H groups in total. The summed E-state index contributed by atoms with van der Waals surface area (Å²) >= 11 is 0. The third-order valence-electron chi connectivity index (χ3n) is 6.25. The molecule has 0 unspecified atom stereocenters. The highest BCUT2D eigenvalue weighted by Crippen LogP contribution is 2.33. The molecule has 0 atom stereocenters. The maximum absolute atomic E-state index is 13.3. The molecule has 0 amide bonds. The van der Waals surface area contributed by atoms with Crippen molar-refractivity contribution in [1.82, 2.24) is 15.2 Å². The summed E-state index contributed by atoms with van der Waals surface area (Å²) in [5, 5.41) is 7.71. The second-order valence-corrected chi connectivity index (χ2v) is 8.15. The highest BCUT2D eigenvalue weighted by atomic mass is 16.5. The summed E-state index contributed by atoms with van der Waals surface area (Å²) < 4.78 is 5.29. The number of ether oxygens (including phenoxy) is 1. The fourth-order valence-electron chi connectivity index (χ4n) is 4.47. The first kappa shape index (κ1) is 20.1. The number of H-pyrrole nitrogens is 2. The number of ketones is 1. The van der Waals surface area contributed by atoms with Gasteiger partial charge in [-0.1, -0.05) is 24.3 Å². The topological polar surface area (TPSA) is 74.0 Å². The zero-order valence-electron chi connectivity index (χ0n) is 18.0. The van der Waals surface area contributed by atoms with Crippen LogP contribution in [0.15, 0.2) is 73.1 Å².